The number of aromatic nitrogens is 1. The van der Waals surface area contributed by atoms with Crippen molar-refractivity contribution in [2.75, 3.05) is 11.1 Å². The summed E-state index contributed by atoms with van der Waals surface area (Å²) in [6, 6.07) is 6.38. The van der Waals surface area contributed by atoms with Crippen molar-refractivity contribution in [3.8, 4) is 0 Å². The van der Waals surface area contributed by atoms with Crippen molar-refractivity contribution in [3.05, 3.63) is 52.3 Å². The molecule has 0 unspecified atom stereocenters. The van der Waals surface area contributed by atoms with Crippen LogP contribution in [0.5, 0.6) is 0 Å². The Hall–Kier alpha value is -1.78. The van der Waals surface area contributed by atoms with E-state index in [-0.39, 0.29) is 5.91 Å². The van der Waals surface area contributed by atoms with Crippen LogP contribution in [0.3, 0.4) is 0 Å². The molecule has 0 spiro atoms. The quantitative estimate of drug-likeness (QED) is 0.888. The van der Waals surface area contributed by atoms with Crippen molar-refractivity contribution in [1.82, 2.24) is 4.98 Å². The number of pyridine rings is 1. The minimum absolute atomic E-state index is 0.309. The second kappa shape index (κ2) is 5.25. The maximum atomic E-state index is 11.9. The SMILES string of the molecule is Nc1ccncc1C(=O)Nc1ccc(Cl)c(Cl)c1. The third-order valence-corrected chi connectivity index (χ3v) is 3.02. The van der Waals surface area contributed by atoms with Gasteiger partial charge in [-0.05, 0) is 24.3 Å². The molecular weight excluding hydrogens is 273 g/mol. The van der Waals surface area contributed by atoms with Gasteiger partial charge in [-0.2, -0.15) is 0 Å². The number of anilines is 2. The maximum absolute atomic E-state index is 11.9. The molecule has 1 aromatic carbocycles. The highest BCUT2D eigenvalue weighted by atomic mass is 35.5. The number of amides is 1. The first-order valence-electron chi connectivity index (χ1n) is 5.04. The number of hydrogen-bond acceptors (Lipinski definition) is 3. The molecule has 0 saturated heterocycles. The van der Waals surface area contributed by atoms with Crippen molar-refractivity contribution in [2.24, 2.45) is 0 Å². The summed E-state index contributed by atoms with van der Waals surface area (Å²) in [5.41, 5.74) is 6.89. The number of rotatable bonds is 2. The normalized spacial score (nSPS) is 10.1. The summed E-state index contributed by atoms with van der Waals surface area (Å²) in [5, 5.41) is 3.46. The van der Waals surface area contributed by atoms with Gasteiger partial charge >= 0.3 is 0 Å². The summed E-state index contributed by atoms with van der Waals surface area (Å²) in [5.74, 6) is -0.348. The second-order valence-corrected chi connectivity index (χ2v) is 4.36. The van der Waals surface area contributed by atoms with Gasteiger partial charge < -0.3 is 11.1 Å². The molecule has 3 N–H and O–H groups in total. The molecule has 0 fully saturated rings. The van der Waals surface area contributed by atoms with E-state index < -0.39 is 0 Å². The summed E-state index contributed by atoms with van der Waals surface area (Å²) < 4.78 is 0. The number of nitrogens with zero attached hydrogens (tertiary/aromatic N) is 1. The van der Waals surface area contributed by atoms with Crippen molar-refractivity contribution in [2.45, 2.75) is 0 Å². The third kappa shape index (κ3) is 2.72. The fourth-order valence-electron chi connectivity index (χ4n) is 1.37. The number of halogens is 2. The van der Waals surface area contributed by atoms with E-state index in [1.165, 1.54) is 12.4 Å². The standard InChI is InChI=1S/C12H9Cl2N3O/c13-9-2-1-7(5-10(9)14)17-12(18)8-6-16-4-3-11(8)15/h1-6H,(H2,15,16)(H,17,18). The van der Waals surface area contributed by atoms with Crippen LogP contribution in [-0.2, 0) is 0 Å². The van der Waals surface area contributed by atoms with E-state index in [9.17, 15) is 4.79 Å². The highest BCUT2D eigenvalue weighted by Gasteiger charge is 2.10. The molecule has 18 heavy (non-hydrogen) atoms. The van der Waals surface area contributed by atoms with Crippen LogP contribution < -0.4 is 11.1 Å². The Labute approximate surface area is 114 Å². The van der Waals surface area contributed by atoms with Crippen LogP contribution in [0, 0.1) is 0 Å². The molecule has 0 radical (unpaired) electrons. The Morgan fingerprint density at radius 2 is 2.00 bits per heavy atom. The molecular formula is C12H9Cl2N3O. The summed E-state index contributed by atoms with van der Waals surface area (Å²) >= 11 is 11.6. The lowest BCUT2D eigenvalue weighted by Gasteiger charge is -2.07. The largest absolute Gasteiger partial charge is 0.398 e. The summed E-state index contributed by atoms with van der Waals surface area (Å²) in [4.78, 5) is 15.8. The van der Waals surface area contributed by atoms with Crippen LogP contribution in [-0.4, -0.2) is 10.9 Å². The Morgan fingerprint density at radius 1 is 1.22 bits per heavy atom. The minimum Gasteiger partial charge on any atom is -0.398 e. The zero-order chi connectivity index (χ0) is 13.1. The van der Waals surface area contributed by atoms with Crippen LogP contribution >= 0.6 is 23.2 Å². The number of nitrogens with one attached hydrogen (secondary N) is 1. The number of carbonyl (C=O) groups is 1. The molecule has 0 aliphatic heterocycles. The number of benzene rings is 1. The van der Waals surface area contributed by atoms with Gasteiger partial charge in [0.2, 0.25) is 0 Å². The highest BCUT2D eigenvalue weighted by molar-refractivity contribution is 6.42. The monoisotopic (exact) mass is 281 g/mol. The summed E-state index contributed by atoms with van der Waals surface area (Å²) in [6.07, 6.45) is 2.92. The molecule has 6 heteroatoms. The van der Waals surface area contributed by atoms with Crippen molar-refractivity contribution >= 4 is 40.5 Å². The van der Waals surface area contributed by atoms with Crippen LogP contribution in [0.2, 0.25) is 10.0 Å². The summed E-state index contributed by atoms with van der Waals surface area (Å²) in [7, 11) is 0. The Morgan fingerprint density at radius 3 is 2.67 bits per heavy atom. The van der Waals surface area contributed by atoms with Crippen LogP contribution in [0.25, 0.3) is 0 Å². The van der Waals surface area contributed by atoms with E-state index in [0.717, 1.165) is 0 Å². The fraction of sp³-hybridized carbons (Fsp3) is 0. The average Bonchev–Trinajstić information content (AvgIpc) is 2.34. The molecule has 4 nitrogen and oxygen atoms in total. The predicted octanol–water partition coefficient (Wildman–Crippen LogP) is 3.22. The second-order valence-electron chi connectivity index (χ2n) is 3.55. The zero-order valence-corrected chi connectivity index (χ0v) is 10.7. The fourth-order valence-corrected chi connectivity index (χ4v) is 1.67. The van der Waals surface area contributed by atoms with Gasteiger partial charge in [-0.25, -0.2) is 0 Å². The average molecular weight is 282 g/mol. The van der Waals surface area contributed by atoms with Gasteiger partial charge in [-0.3, -0.25) is 9.78 Å². The number of nitrogen functional groups attached to an aromatic ring is 1. The summed E-state index contributed by atoms with van der Waals surface area (Å²) in [6.45, 7) is 0. The molecule has 92 valence electrons. The molecule has 2 rings (SSSR count). The Kier molecular flexibility index (Phi) is 3.69. The molecule has 0 aliphatic rings. The van der Waals surface area contributed by atoms with Gasteiger partial charge in [0, 0.05) is 23.8 Å². The van der Waals surface area contributed by atoms with Crippen LogP contribution in [0.15, 0.2) is 36.7 Å². The molecule has 1 aromatic heterocycles. The van der Waals surface area contributed by atoms with Gasteiger partial charge in [0.05, 0.1) is 15.6 Å². The smallest absolute Gasteiger partial charge is 0.259 e. The molecule has 1 amide bonds. The molecule has 2 aromatic rings. The topological polar surface area (TPSA) is 68.0 Å². The van der Waals surface area contributed by atoms with Gasteiger partial charge in [0.25, 0.3) is 5.91 Å². The van der Waals surface area contributed by atoms with Gasteiger partial charge in [0.1, 0.15) is 0 Å². The van der Waals surface area contributed by atoms with E-state index in [2.05, 4.69) is 10.3 Å². The first kappa shape index (κ1) is 12.7. The van der Waals surface area contributed by atoms with Crippen molar-refractivity contribution in [1.29, 1.82) is 0 Å². The van der Waals surface area contributed by atoms with E-state index in [1.807, 2.05) is 0 Å². The Balaban J connectivity index is 2.22. The predicted molar refractivity (Wildman–Crippen MR) is 73.1 cm³/mol. The van der Waals surface area contributed by atoms with E-state index in [4.69, 9.17) is 28.9 Å². The number of hydrogen-bond donors (Lipinski definition) is 2. The minimum atomic E-state index is -0.348. The van der Waals surface area contributed by atoms with Gasteiger partial charge in [-0.15, -0.1) is 0 Å². The van der Waals surface area contributed by atoms with E-state index in [1.54, 1.807) is 24.3 Å². The highest BCUT2D eigenvalue weighted by Crippen LogP contribution is 2.25. The van der Waals surface area contributed by atoms with Crippen LogP contribution in [0.4, 0.5) is 11.4 Å². The molecule has 0 atom stereocenters. The van der Waals surface area contributed by atoms with Crippen molar-refractivity contribution < 1.29 is 4.79 Å². The number of carbonyl (C=O) groups excluding carboxylic acids is 1. The molecule has 0 saturated carbocycles. The first-order valence-corrected chi connectivity index (χ1v) is 5.79. The first-order chi connectivity index (χ1) is 8.58. The molecule has 0 bridgehead atoms. The van der Waals surface area contributed by atoms with Gasteiger partial charge in [-0.1, -0.05) is 23.2 Å². The van der Waals surface area contributed by atoms with E-state index >= 15 is 0 Å². The molecule has 0 aliphatic carbocycles. The lowest BCUT2D eigenvalue weighted by atomic mass is 10.2. The maximum Gasteiger partial charge on any atom is 0.259 e. The zero-order valence-electron chi connectivity index (χ0n) is 9.15. The third-order valence-electron chi connectivity index (χ3n) is 2.28. The van der Waals surface area contributed by atoms with Crippen LogP contribution in [0.1, 0.15) is 10.4 Å². The number of nitrogens with two attached hydrogens (primary N) is 1. The lowest BCUT2D eigenvalue weighted by Crippen LogP contribution is -2.14. The lowest BCUT2D eigenvalue weighted by molar-refractivity contribution is 0.102. The van der Waals surface area contributed by atoms with Gasteiger partial charge in [0.15, 0.2) is 0 Å². The molecule has 1 heterocycles. The Bertz CT molecular complexity index is 602. The van der Waals surface area contributed by atoms with Crippen molar-refractivity contribution in [3.63, 3.8) is 0 Å². The van der Waals surface area contributed by atoms with E-state index in [0.29, 0.717) is 27.0 Å².